The summed E-state index contributed by atoms with van der Waals surface area (Å²) < 4.78 is 0. The second-order valence-corrected chi connectivity index (χ2v) is 7.37. The van der Waals surface area contributed by atoms with Gasteiger partial charge in [-0.25, -0.2) is 0 Å². The summed E-state index contributed by atoms with van der Waals surface area (Å²) in [5.41, 5.74) is 0.135. The fourth-order valence-electron chi connectivity index (χ4n) is 3.48. The Morgan fingerprint density at radius 2 is 2.04 bits per heavy atom. The van der Waals surface area contributed by atoms with Crippen molar-refractivity contribution < 1.29 is 9.72 Å². The first-order chi connectivity index (χ1) is 11.3. The predicted octanol–water partition coefficient (Wildman–Crippen LogP) is 3.34. The number of rotatable bonds is 5. The molecule has 3 atom stereocenters. The minimum Gasteiger partial charge on any atom is -0.348 e. The summed E-state index contributed by atoms with van der Waals surface area (Å²) in [6.07, 6.45) is 1.25. The highest BCUT2D eigenvalue weighted by molar-refractivity contribution is 6.34. The Morgan fingerprint density at radius 3 is 2.58 bits per heavy atom. The van der Waals surface area contributed by atoms with Crippen molar-refractivity contribution >= 4 is 23.2 Å². The Hall–Kier alpha value is -1.66. The van der Waals surface area contributed by atoms with Gasteiger partial charge in [-0.3, -0.25) is 14.9 Å². The van der Waals surface area contributed by atoms with E-state index >= 15 is 0 Å². The molecule has 1 aromatic rings. The van der Waals surface area contributed by atoms with Crippen molar-refractivity contribution in [3.05, 3.63) is 38.9 Å². The van der Waals surface area contributed by atoms with Crippen LogP contribution < -0.4 is 5.32 Å². The van der Waals surface area contributed by atoms with Crippen LogP contribution in [0.2, 0.25) is 5.02 Å². The van der Waals surface area contributed by atoms with E-state index in [0.717, 1.165) is 19.6 Å². The first-order valence-corrected chi connectivity index (χ1v) is 8.61. The number of nitro benzene ring substituents is 1. The number of likely N-dealkylation sites (tertiary alicyclic amines) is 1. The van der Waals surface area contributed by atoms with Crippen molar-refractivity contribution in [3.8, 4) is 0 Å². The highest BCUT2D eigenvalue weighted by Gasteiger charge is 2.24. The summed E-state index contributed by atoms with van der Waals surface area (Å²) in [6.45, 7) is 9.34. The highest BCUT2D eigenvalue weighted by Crippen LogP contribution is 2.23. The van der Waals surface area contributed by atoms with Gasteiger partial charge in [-0.2, -0.15) is 0 Å². The molecule has 1 aliphatic rings. The van der Waals surface area contributed by atoms with Gasteiger partial charge >= 0.3 is 0 Å². The number of carbonyl (C=O) groups is 1. The zero-order chi connectivity index (χ0) is 17.9. The van der Waals surface area contributed by atoms with Gasteiger partial charge in [-0.15, -0.1) is 0 Å². The molecule has 1 saturated heterocycles. The largest absolute Gasteiger partial charge is 0.348 e. The van der Waals surface area contributed by atoms with Crippen LogP contribution in [0.15, 0.2) is 18.2 Å². The molecule has 0 bridgehead atoms. The normalized spacial score (nSPS) is 22.8. The van der Waals surface area contributed by atoms with Crippen LogP contribution in [-0.2, 0) is 0 Å². The van der Waals surface area contributed by atoms with Crippen molar-refractivity contribution in [2.24, 2.45) is 11.8 Å². The van der Waals surface area contributed by atoms with Gasteiger partial charge in [-0.05, 0) is 31.2 Å². The molecular formula is C17H24ClN3O3. The molecule has 1 fully saturated rings. The summed E-state index contributed by atoms with van der Waals surface area (Å²) >= 11 is 6.01. The molecule has 132 valence electrons. The zero-order valence-corrected chi connectivity index (χ0v) is 15.0. The van der Waals surface area contributed by atoms with Crippen LogP contribution in [0.25, 0.3) is 0 Å². The maximum Gasteiger partial charge on any atom is 0.270 e. The maximum atomic E-state index is 12.3. The lowest BCUT2D eigenvalue weighted by molar-refractivity contribution is -0.384. The van der Waals surface area contributed by atoms with Gasteiger partial charge < -0.3 is 10.2 Å². The zero-order valence-electron chi connectivity index (χ0n) is 14.3. The molecule has 0 spiro atoms. The van der Waals surface area contributed by atoms with Gasteiger partial charge in [-0.1, -0.05) is 25.4 Å². The molecule has 24 heavy (non-hydrogen) atoms. The van der Waals surface area contributed by atoms with E-state index in [2.05, 4.69) is 24.1 Å². The van der Waals surface area contributed by atoms with Crippen molar-refractivity contribution in [1.29, 1.82) is 0 Å². The smallest absolute Gasteiger partial charge is 0.270 e. The van der Waals surface area contributed by atoms with E-state index in [0.29, 0.717) is 11.8 Å². The number of benzene rings is 1. The van der Waals surface area contributed by atoms with Gasteiger partial charge in [0.15, 0.2) is 0 Å². The molecular weight excluding hydrogens is 330 g/mol. The second kappa shape index (κ2) is 7.94. The van der Waals surface area contributed by atoms with E-state index in [4.69, 9.17) is 11.6 Å². The lowest BCUT2D eigenvalue weighted by Crippen LogP contribution is -2.47. The van der Waals surface area contributed by atoms with E-state index in [1.807, 2.05) is 6.92 Å². The average Bonchev–Trinajstić information content (AvgIpc) is 2.45. The topological polar surface area (TPSA) is 75.5 Å². The Balaban J connectivity index is 1.95. The lowest BCUT2D eigenvalue weighted by Gasteiger charge is -2.36. The number of carbonyl (C=O) groups excluding carboxylic acids is 1. The number of hydrogen-bond acceptors (Lipinski definition) is 4. The third kappa shape index (κ3) is 4.92. The first-order valence-electron chi connectivity index (χ1n) is 8.23. The van der Waals surface area contributed by atoms with Crippen LogP contribution in [0, 0.1) is 22.0 Å². The Bertz CT molecular complexity index is 613. The number of hydrogen-bond donors (Lipinski definition) is 1. The molecule has 2 rings (SSSR count). The first kappa shape index (κ1) is 18.7. The van der Waals surface area contributed by atoms with E-state index in [9.17, 15) is 14.9 Å². The Labute approximate surface area is 147 Å². The third-order valence-electron chi connectivity index (χ3n) is 4.26. The molecule has 0 radical (unpaired) electrons. The van der Waals surface area contributed by atoms with Gasteiger partial charge in [0.05, 0.1) is 15.5 Å². The van der Waals surface area contributed by atoms with Gasteiger partial charge in [0.25, 0.3) is 11.6 Å². The number of halogens is 1. The number of non-ortho nitro benzene ring substituents is 1. The molecule has 0 aliphatic carbocycles. The van der Waals surface area contributed by atoms with Gasteiger partial charge in [0.1, 0.15) is 0 Å². The van der Waals surface area contributed by atoms with Gasteiger partial charge in [0, 0.05) is 37.8 Å². The third-order valence-corrected chi connectivity index (χ3v) is 4.57. The van der Waals surface area contributed by atoms with E-state index in [1.54, 1.807) is 0 Å². The number of nitrogens with zero attached hydrogens (tertiary/aromatic N) is 2. The van der Waals surface area contributed by atoms with E-state index in [-0.39, 0.29) is 28.2 Å². The monoisotopic (exact) mass is 353 g/mol. The Morgan fingerprint density at radius 1 is 1.42 bits per heavy atom. The molecule has 3 unspecified atom stereocenters. The van der Waals surface area contributed by atoms with Crippen LogP contribution in [0.3, 0.4) is 0 Å². The number of amides is 1. The van der Waals surface area contributed by atoms with E-state index in [1.165, 1.54) is 24.6 Å². The number of nitro groups is 1. The second-order valence-electron chi connectivity index (χ2n) is 6.96. The fourth-order valence-corrected chi connectivity index (χ4v) is 3.74. The van der Waals surface area contributed by atoms with Gasteiger partial charge in [0.2, 0.25) is 0 Å². The molecule has 7 heteroatoms. The van der Waals surface area contributed by atoms with Crippen LogP contribution in [0.1, 0.15) is 37.6 Å². The standard InChI is InChI=1S/C17H24ClN3O3/c1-11-6-12(2)9-20(8-11)10-13(3)19-17(22)15-5-4-14(21(23)24)7-16(15)18/h4-5,7,11-13H,6,8-10H2,1-3H3,(H,19,22). The molecule has 0 saturated carbocycles. The minimum absolute atomic E-state index is 0.0266. The predicted molar refractivity (Wildman–Crippen MR) is 94.4 cm³/mol. The molecule has 6 nitrogen and oxygen atoms in total. The fraction of sp³-hybridized carbons (Fsp3) is 0.588. The molecule has 1 aromatic carbocycles. The quantitative estimate of drug-likeness (QED) is 0.650. The van der Waals surface area contributed by atoms with Crippen LogP contribution in [0.5, 0.6) is 0 Å². The van der Waals surface area contributed by atoms with Crippen molar-refractivity contribution in [3.63, 3.8) is 0 Å². The maximum absolute atomic E-state index is 12.3. The molecule has 1 heterocycles. The minimum atomic E-state index is -0.533. The summed E-state index contributed by atoms with van der Waals surface area (Å²) in [7, 11) is 0. The van der Waals surface area contributed by atoms with Crippen molar-refractivity contribution in [2.75, 3.05) is 19.6 Å². The summed E-state index contributed by atoms with van der Waals surface area (Å²) in [5, 5.41) is 13.7. The molecule has 1 aliphatic heterocycles. The molecule has 1 amide bonds. The summed E-state index contributed by atoms with van der Waals surface area (Å²) in [4.78, 5) is 24.9. The highest BCUT2D eigenvalue weighted by atomic mass is 35.5. The van der Waals surface area contributed by atoms with Crippen LogP contribution in [0.4, 0.5) is 5.69 Å². The van der Waals surface area contributed by atoms with Crippen LogP contribution >= 0.6 is 11.6 Å². The van der Waals surface area contributed by atoms with Crippen molar-refractivity contribution in [1.82, 2.24) is 10.2 Å². The van der Waals surface area contributed by atoms with E-state index < -0.39 is 4.92 Å². The SMILES string of the molecule is CC1CC(C)CN(CC(C)NC(=O)c2ccc([N+](=O)[O-])cc2Cl)C1. The summed E-state index contributed by atoms with van der Waals surface area (Å²) in [5.74, 6) is 1.03. The number of piperidine rings is 1. The average molecular weight is 354 g/mol. The molecule has 0 aromatic heterocycles. The lowest BCUT2D eigenvalue weighted by atomic mass is 9.92. The molecule has 1 N–H and O–H groups in total. The Kier molecular flexibility index (Phi) is 6.18. The van der Waals surface area contributed by atoms with Crippen LogP contribution in [-0.4, -0.2) is 41.4 Å². The summed E-state index contributed by atoms with van der Waals surface area (Å²) in [6, 6.07) is 3.86. The number of nitrogens with one attached hydrogen (secondary N) is 1. The van der Waals surface area contributed by atoms with Crippen molar-refractivity contribution in [2.45, 2.75) is 33.2 Å².